The van der Waals surface area contributed by atoms with Gasteiger partial charge in [0.2, 0.25) is 0 Å². The first kappa shape index (κ1) is 13.8. The van der Waals surface area contributed by atoms with Gasteiger partial charge in [-0.25, -0.2) is 4.39 Å². The number of hydrogen-bond donors (Lipinski definition) is 1. The minimum Gasteiger partial charge on any atom is -0.313 e. The summed E-state index contributed by atoms with van der Waals surface area (Å²) in [5.41, 5.74) is 1.07. The molecule has 2 rings (SSSR count). The average molecular weight is 271 g/mol. The molecule has 0 aliphatic carbocycles. The topological polar surface area (TPSA) is 15.3 Å². The van der Waals surface area contributed by atoms with Crippen LogP contribution in [-0.4, -0.2) is 30.1 Å². The van der Waals surface area contributed by atoms with Gasteiger partial charge in [0.25, 0.3) is 0 Å². The normalized spacial score (nSPS) is 26.0. The zero-order valence-electron chi connectivity index (χ0n) is 10.9. The molecule has 1 aromatic carbocycles. The van der Waals surface area contributed by atoms with E-state index in [-0.39, 0.29) is 10.8 Å². The Morgan fingerprint density at radius 3 is 2.94 bits per heavy atom. The molecule has 0 spiro atoms. The third kappa shape index (κ3) is 3.44. The van der Waals surface area contributed by atoms with E-state index in [0.29, 0.717) is 12.1 Å². The minimum atomic E-state index is -0.348. The van der Waals surface area contributed by atoms with Crippen molar-refractivity contribution in [2.24, 2.45) is 0 Å². The van der Waals surface area contributed by atoms with E-state index in [4.69, 9.17) is 11.6 Å². The van der Waals surface area contributed by atoms with Crippen molar-refractivity contribution < 1.29 is 4.39 Å². The summed E-state index contributed by atoms with van der Waals surface area (Å²) >= 11 is 5.82. The lowest BCUT2D eigenvalue weighted by molar-refractivity contribution is 0.199. The molecule has 0 saturated carbocycles. The first-order valence-electron chi connectivity index (χ1n) is 6.47. The molecule has 2 atom stereocenters. The first-order chi connectivity index (χ1) is 8.56. The van der Waals surface area contributed by atoms with Crippen molar-refractivity contribution in [3.63, 3.8) is 0 Å². The fourth-order valence-electron chi connectivity index (χ4n) is 2.41. The summed E-state index contributed by atoms with van der Waals surface area (Å²) in [5, 5.41) is 3.69. The van der Waals surface area contributed by atoms with Crippen LogP contribution in [-0.2, 0) is 6.54 Å². The van der Waals surface area contributed by atoms with Crippen LogP contribution in [0.4, 0.5) is 4.39 Å². The van der Waals surface area contributed by atoms with E-state index in [1.54, 1.807) is 6.07 Å². The fourth-order valence-corrected chi connectivity index (χ4v) is 2.61. The van der Waals surface area contributed by atoms with Gasteiger partial charge in [-0.1, -0.05) is 17.7 Å². The third-order valence-corrected chi connectivity index (χ3v) is 3.85. The average Bonchev–Trinajstić information content (AvgIpc) is 2.47. The first-order valence-corrected chi connectivity index (χ1v) is 6.85. The highest BCUT2D eigenvalue weighted by Gasteiger charge is 2.20. The Balaban J connectivity index is 2.08. The summed E-state index contributed by atoms with van der Waals surface area (Å²) < 4.78 is 13.1. The van der Waals surface area contributed by atoms with Crippen molar-refractivity contribution in [1.82, 2.24) is 10.2 Å². The minimum absolute atomic E-state index is 0.209. The molecule has 1 heterocycles. The molecule has 1 saturated heterocycles. The Labute approximate surface area is 113 Å². The molecule has 100 valence electrons. The smallest absolute Gasteiger partial charge is 0.141 e. The van der Waals surface area contributed by atoms with Gasteiger partial charge in [-0.3, -0.25) is 4.90 Å². The maximum absolute atomic E-state index is 13.1. The molecule has 1 aromatic rings. The van der Waals surface area contributed by atoms with Gasteiger partial charge in [-0.05, 0) is 44.5 Å². The Morgan fingerprint density at radius 1 is 1.44 bits per heavy atom. The standard InChI is InChI=1S/C14H20ClFN2/c1-10-8-18(11(2)5-6-17-10)9-12-3-4-14(16)13(15)7-12/h3-4,7,10-11,17H,5-6,8-9H2,1-2H3. The lowest BCUT2D eigenvalue weighted by Gasteiger charge is -2.28. The van der Waals surface area contributed by atoms with E-state index in [0.717, 1.165) is 31.6 Å². The Morgan fingerprint density at radius 2 is 2.22 bits per heavy atom. The largest absolute Gasteiger partial charge is 0.313 e. The monoisotopic (exact) mass is 270 g/mol. The van der Waals surface area contributed by atoms with Crippen LogP contribution < -0.4 is 5.32 Å². The summed E-state index contributed by atoms with van der Waals surface area (Å²) in [4.78, 5) is 2.42. The van der Waals surface area contributed by atoms with Crippen LogP contribution in [0.5, 0.6) is 0 Å². The molecule has 4 heteroatoms. The number of nitrogens with one attached hydrogen (secondary N) is 1. The van der Waals surface area contributed by atoms with Gasteiger partial charge in [0.05, 0.1) is 5.02 Å². The Hall–Kier alpha value is -0.640. The molecule has 0 bridgehead atoms. The molecular weight excluding hydrogens is 251 g/mol. The second kappa shape index (κ2) is 6.00. The number of hydrogen-bond acceptors (Lipinski definition) is 2. The van der Waals surface area contributed by atoms with Crippen LogP contribution in [0.3, 0.4) is 0 Å². The molecule has 0 aromatic heterocycles. The lowest BCUT2D eigenvalue weighted by atomic mass is 10.1. The number of halogens is 2. The van der Waals surface area contributed by atoms with Crippen molar-refractivity contribution in [1.29, 1.82) is 0 Å². The van der Waals surface area contributed by atoms with Crippen molar-refractivity contribution in [3.05, 3.63) is 34.6 Å². The van der Waals surface area contributed by atoms with E-state index in [2.05, 4.69) is 24.1 Å². The molecule has 0 amide bonds. The van der Waals surface area contributed by atoms with Gasteiger partial charge in [0.15, 0.2) is 0 Å². The van der Waals surface area contributed by atoms with Crippen molar-refractivity contribution in [2.45, 2.75) is 38.9 Å². The molecule has 2 unspecified atom stereocenters. The summed E-state index contributed by atoms with van der Waals surface area (Å²) in [5.74, 6) is -0.348. The third-order valence-electron chi connectivity index (χ3n) is 3.56. The number of rotatable bonds is 2. The van der Waals surface area contributed by atoms with Crippen molar-refractivity contribution in [3.8, 4) is 0 Å². The van der Waals surface area contributed by atoms with Crippen molar-refractivity contribution in [2.75, 3.05) is 13.1 Å². The predicted molar refractivity (Wildman–Crippen MR) is 73.4 cm³/mol. The fraction of sp³-hybridized carbons (Fsp3) is 0.571. The molecule has 18 heavy (non-hydrogen) atoms. The summed E-state index contributed by atoms with van der Waals surface area (Å²) in [7, 11) is 0. The molecule has 1 N–H and O–H groups in total. The van der Waals surface area contributed by atoms with E-state index in [9.17, 15) is 4.39 Å². The van der Waals surface area contributed by atoms with E-state index in [1.807, 2.05) is 6.07 Å². The van der Waals surface area contributed by atoms with Crippen LogP contribution in [0.15, 0.2) is 18.2 Å². The lowest BCUT2D eigenvalue weighted by Crippen LogP contribution is -2.37. The summed E-state index contributed by atoms with van der Waals surface area (Å²) in [6, 6.07) is 6.02. The quantitative estimate of drug-likeness (QED) is 0.889. The highest BCUT2D eigenvalue weighted by Crippen LogP contribution is 2.19. The molecular formula is C14H20ClFN2. The zero-order chi connectivity index (χ0) is 13.1. The van der Waals surface area contributed by atoms with Gasteiger partial charge < -0.3 is 5.32 Å². The van der Waals surface area contributed by atoms with Crippen LogP contribution in [0, 0.1) is 5.82 Å². The molecule has 1 aliphatic heterocycles. The maximum atomic E-state index is 13.1. The van der Waals surface area contributed by atoms with Crippen LogP contribution in [0.2, 0.25) is 5.02 Å². The molecule has 0 radical (unpaired) electrons. The number of nitrogens with zero attached hydrogens (tertiary/aromatic N) is 1. The maximum Gasteiger partial charge on any atom is 0.141 e. The van der Waals surface area contributed by atoms with Gasteiger partial charge >= 0.3 is 0 Å². The number of benzene rings is 1. The summed E-state index contributed by atoms with van der Waals surface area (Å²) in [6.45, 7) is 7.33. The van der Waals surface area contributed by atoms with E-state index < -0.39 is 0 Å². The SMILES string of the molecule is CC1CN(Cc2ccc(F)c(Cl)c2)C(C)CCN1. The second-order valence-electron chi connectivity index (χ2n) is 5.17. The second-order valence-corrected chi connectivity index (χ2v) is 5.58. The van der Waals surface area contributed by atoms with Crippen molar-refractivity contribution >= 4 is 11.6 Å². The van der Waals surface area contributed by atoms with Crippen LogP contribution in [0.25, 0.3) is 0 Å². The zero-order valence-corrected chi connectivity index (χ0v) is 11.7. The van der Waals surface area contributed by atoms with Crippen LogP contribution >= 0.6 is 11.6 Å². The Bertz CT molecular complexity index is 411. The molecule has 1 fully saturated rings. The summed E-state index contributed by atoms with van der Waals surface area (Å²) in [6.07, 6.45) is 1.14. The predicted octanol–water partition coefficient (Wildman–Crippen LogP) is 3.05. The van der Waals surface area contributed by atoms with E-state index >= 15 is 0 Å². The highest BCUT2D eigenvalue weighted by molar-refractivity contribution is 6.30. The van der Waals surface area contributed by atoms with Gasteiger partial charge in [0.1, 0.15) is 5.82 Å². The Kier molecular flexibility index (Phi) is 4.60. The van der Waals surface area contributed by atoms with Gasteiger partial charge in [0, 0.05) is 25.2 Å². The molecule has 2 nitrogen and oxygen atoms in total. The van der Waals surface area contributed by atoms with Gasteiger partial charge in [-0.2, -0.15) is 0 Å². The van der Waals surface area contributed by atoms with Crippen LogP contribution in [0.1, 0.15) is 25.8 Å². The van der Waals surface area contributed by atoms with E-state index in [1.165, 1.54) is 6.07 Å². The highest BCUT2D eigenvalue weighted by atomic mass is 35.5. The van der Waals surface area contributed by atoms with Gasteiger partial charge in [-0.15, -0.1) is 0 Å². The molecule has 1 aliphatic rings.